The molecule has 0 fully saturated rings. The normalized spacial score (nSPS) is 12.6. The maximum Gasteiger partial charge on any atom is 0.123 e. The molecule has 78 valence electrons. The zero-order chi connectivity index (χ0) is 10.6. The van der Waals surface area contributed by atoms with Crippen molar-refractivity contribution in [2.75, 3.05) is 20.3 Å². The molecule has 1 atom stereocenters. The quantitative estimate of drug-likeness (QED) is 0.798. The lowest BCUT2D eigenvalue weighted by atomic mass is 9.99. The number of methoxy groups -OCH3 is 1. The fourth-order valence-electron chi connectivity index (χ4n) is 1.38. The summed E-state index contributed by atoms with van der Waals surface area (Å²) in [5.74, 6) is 0.501. The Balaban J connectivity index is 3.14. The summed E-state index contributed by atoms with van der Waals surface area (Å²) < 4.78 is 5.16. The van der Waals surface area contributed by atoms with Crippen LogP contribution in [0.3, 0.4) is 0 Å². The predicted octanol–water partition coefficient (Wildman–Crippen LogP) is 1.38. The van der Waals surface area contributed by atoms with E-state index in [9.17, 15) is 0 Å². The van der Waals surface area contributed by atoms with Crippen molar-refractivity contribution in [1.82, 2.24) is 0 Å². The molecular weight excluding hydrogens is 202 g/mol. The lowest BCUT2D eigenvalue weighted by Gasteiger charge is -2.17. The third-order valence-electron chi connectivity index (χ3n) is 2.15. The molecular formula is C10H14ClNO2. The minimum absolute atomic E-state index is 0.0312. The Hall–Kier alpha value is -0.770. The first-order valence-corrected chi connectivity index (χ1v) is 4.75. The van der Waals surface area contributed by atoms with E-state index in [-0.39, 0.29) is 12.5 Å². The van der Waals surface area contributed by atoms with Crippen molar-refractivity contribution in [2.45, 2.75) is 5.92 Å². The first kappa shape index (κ1) is 11.3. The Morgan fingerprint density at radius 3 is 2.79 bits per heavy atom. The molecule has 1 aromatic rings. The van der Waals surface area contributed by atoms with Gasteiger partial charge in [-0.15, -0.1) is 0 Å². The van der Waals surface area contributed by atoms with Gasteiger partial charge in [-0.25, -0.2) is 0 Å². The highest BCUT2D eigenvalue weighted by Crippen LogP contribution is 2.32. The average molecular weight is 216 g/mol. The smallest absolute Gasteiger partial charge is 0.123 e. The van der Waals surface area contributed by atoms with Crippen LogP contribution in [0, 0.1) is 0 Å². The highest BCUT2D eigenvalue weighted by Gasteiger charge is 2.16. The molecule has 4 heteroatoms. The Morgan fingerprint density at radius 1 is 1.57 bits per heavy atom. The van der Waals surface area contributed by atoms with Gasteiger partial charge in [0.2, 0.25) is 0 Å². The number of rotatable bonds is 4. The number of hydrogen-bond donors (Lipinski definition) is 2. The van der Waals surface area contributed by atoms with E-state index >= 15 is 0 Å². The third kappa shape index (κ3) is 2.18. The standard InChI is InChI=1S/C10H14ClNO2/c1-14-9-4-2-3-8(11)10(9)7(5-12)6-13/h2-4,7,13H,5-6,12H2,1H3. The third-order valence-corrected chi connectivity index (χ3v) is 2.48. The fraction of sp³-hybridized carbons (Fsp3) is 0.400. The van der Waals surface area contributed by atoms with Crippen LogP contribution in [0.15, 0.2) is 18.2 Å². The number of ether oxygens (including phenoxy) is 1. The lowest BCUT2D eigenvalue weighted by molar-refractivity contribution is 0.264. The predicted molar refractivity (Wildman–Crippen MR) is 56.9 cm³/mol. The van der Waals surface area contributed by atoms with Gasteiger partial charge in [-0.2, -0.15) is 0 Å². The summed E-state index contributed by atoms with van der Waals surface area (Å²) in [4.78, 5) is 0. The molecule has 1 unspecified atom stereocenters. The van der Waals surface area contributed by atoms with Crippen LogP contribution in [0.2, 0.25) is 5.02 Å². The molecule has 1 rings (SSSR count). The number of hydrogen-bond acceptors (Lipinski definition) is 3. The van der Waals surface area contributed by atoms with Crippen LogP contribution < -0.4 is 10.5 Å². The van der Waals surface area contributed by atoms with E-state index in [0.29, 0.717) is 17.3 Å². The number of nitrogens with two attached hydrogens (primary N) is 1. The van der Waals surface area contributed by atoms with Crippen LogP contribution in [0.4, 0.5) is 0 Å². The van der Waals surface area contributed by atoms with E-state index in [2.05, 4.69) is 0 Å². The summed E-state index contributed by atoms with van der Waals surface area (Å²) in [6.45, 7) is 0.313. The van der Waals surface area contributed by atoms with Gasteiger partial charge in [0.15, 0.2) is 0 Å². The molecule has 0 spiro atoms. The lowest BCUT2D eigenvalue weighted by Crippen LogP contribution is -2.17. The van der Waals surface area contributed by atoms with Gasteiger partial charge in [0.25, 0.3) is 0 Å². The van der Waals surface area contributed by atoms with Crippen molar-refractivity contribution >= 4 is 11.6 Å². The number of halogens is 1. The summed E-state index contributed by atoms with van der Waals surface area (Å²) in [6, 6.07) is 5.37. The van der Waals surface area contributed by atoms with Gasteiger partial charge >= 0.3 is 0 Å². The molecule has 0 saturated heterocycles. The van der Waals surface area contributed by atoms with Crippen LogP contribution in [0.5, 0.6) is 5.75 Å². The Bertz CT molecular complexity index is 300. The molecule has 0 amide bonds. The summed E-state index contributed by atoms with van der Waals surface area (Å²) in [6.07, 6.45) is 0. The Labute approximate surface area is 88.4 Å². The molecule has 1 aromatic carbocycles. The Kier molecular flexibility index (Phi) is 4.20. The second kappa shape index (κ2) is 5.20. The largest absolute Gasteiger partial charge is 0.496 e. The number of aliphatic hydroxyl groups is 1. The zero-order valence-corrected chi connectivity index (χ0v) is 8.79. The summed E-state index contributed by atoms with van der Waals surface area (Å²) in [7, 11) is 1.57. The summed E-state index contributed by atoms with van der Waals surface area (Å²) in [5.41, 5.74) is 6.31. The second-order valence-electron chi connectivity index (χ2n) is 2.97. The maximum absolute atomic E-state index is 9.13. The van der Waals surface area contributed by atoms with Crippen LogP contribution in [-0.2, 0) is 0 Å². The summed E-state index contributed by atoms with van der Waals surface area (Å²) >= 11 is 6.01. The van der Waals surface area contributed by atoms with Crippen LogP contribution in [0.25, 0.3) is 0 Å². The van der Waals surface area contributed by atoms with Gasteiger partial charge in [0.1, 0.15) is 5.75 Å². The second-order valence-corrected chi connectivity index (χ2v) is 3.38. The van der Waals surface area contributed by atoms with E-state index in [1.807, 2.05) is 0 Å². The van der Waals surface area contributed by atoms with Crippen molar-refractivity contribution < 1.29 is 9.84 Å². The van der Waals surface area contributed by atoms with E-state index in [1.165, 1.54) is 0 Å². The van der Waals surface area contributed by atoms with Crippen molar-refractivity contribution in [3.8, 4) is 5.75 Å². The van der Waals surface area contributed by atoms with Crippen LogP contribution in [0.1, 0.15) is 11.5 Å². The van der Waals surface area contributed by atoms with E-state index in [1.54, 1.807) is 25.3 Å². The van der Waals surface area contributed by atoms with E-state index in [0.717, 1.165) is 5.56 Å². The van der Waals surface area contributed by atoms with E-state index < -0.39 is 0 Å². The molecule has 3 N–H and O–H groups in total. The molecule has 14 heavy (non-hydrogen) atoms. The van der Waals surface area contributed by atoms with Gasteiger partial charge in [-0.05, 0) is 12.1 Å². The zero-order valence-electron chi connectivity index (χ0n) is 8.03. The minimum Gasteiger partial charge on any atom is -0.496 e. The summed E-state index contributed by atoms with van der Waals surface area (Å²) in [5, 5.41) is 9.71. The van der Waals surface area contributed by atoms with Gasteiger partial charge in [0, 0.05) is 23.0 Å². The SMILES string of the molecule is COc1cccc(Cl)c1C(CN)CO. The Morgan fingerprint density at radius 2 is 2.29 bits per heavy atom. The molecule has 0 aromatic heterocycles. The molecule has 0 bridgehead atoms. The molecule has 0 aliphatic rings. The molecule has 0 heterocycles. The molecule has 0 saturated carbocycles. The van der Waals surface area contributed by atoms with Gasteiger partial charge in [-0.3, -0.25) is 0 Å². The average Bonchev–Trinajstić information content (AvgIpc) is 2.22. The highest BCUT2D eigenvalue weighted by molar-refractivity contribution is 6.31. The monoisotopic (exact) mass is 215 g/mol. The van der Waals surface area contributed by atoms with Crippen molar-refractivity contribution in [1.29, 1.82) is 0 Å². The van der Waals surface area contributed by atoms with Crippen LogP contribution >= 0.6 is 11.6 Å². The van der Waals surface area contributed by atoms with Crippen molar-refractivity contribution in [3.05, 3.63) is 28.8 Å². The first-order valence-electron chi connectivity index (χ1n) is 4.38. The molecule has 0 aliphatic carbocycles. The molecule has 3 nitrogen and oxygen atoms in total. The first-order chi connectivity index (χ1) is 6.74. The van der Waals surface area contributed by atoms with Gasteiger partial charge in [-0.1, -0.05) is 17.7 Å². The number of benzene rings is 1. The number of aliphatic hydroxyl groups excluding tert-OH is 1. The topological polar surface area (TPSA) is 55.5 Å². The van der Waals surface area contributed by atoms with Crippen molar-refractivity contribution in [2.24, 2.45) is 5.73 Å². The maximum atomic E-state index is 9.13. The van der Waals surface area contributed by atoms with Gasteiger partial charge in [0.05, 0.1) is 13.7 Å². The van der Waals surface area contributed by atoms with E-state index in [4.69, 9.17) is 27.2 Å². The van der Waals surface area contributed by atoms with Crippen molar-refractivity contribution in [3.63, 3.8) is 0 Å². The minimum atomic E-state index is -0.168. The van der Waals surface area contributed by atoms with Crippen LogP contribution in [-0.4, -0.2) is 25.4 Å². The van der Waals surface area contributed by atoms with Gasteiger partial charge < -0.3 is 15.6 Å². The molecule has 0 aliphatic heterocycles. The molecule has 0 radical (unpaired) electrons. The fourth-order valence-corrected chi connectivity index (χ4v) is 1.70. The highest BCUT2D eigenvalue weighted by atomic mass is 35.5.